The van der Waals surface area contributed by atoms with Gasteiger partial charge in [-0.3, -0.25) is 0 Å². The van der Waals surface area contributed by atoms with Crippen LogP contribution in [0.15, 0.2) is 45.4 Å². The molecule has 2 heterocycles. The highest BCUT2D eigenvalue weighted by Crippen LogP contribution is 2.30. The predicted octanol–water partition coefficient (Wildman–Crippen LogP) is 2.29. The summed E-state index contributed by atoms with van der Waals surface area (Å²) in [6.07, 6.45) is 3.61. The van der Waals surface area contributed by atoms with E-state index in [0.717, 1.165) is 5.16 Å². The topological polar surface area (TPSA) is 69.9 Å². The van der Waals surface area contributed by atoms with E-state index in [9.17, 15) is 0 Å². The minimum absolute atomic E-state index is 0.548. The lowest BCUT2D eigenvalue weighted by Gasteiger charge is -1.95. The van der Waals surface area contributed by atoms with Crippen LogP contribution in [0.5, 0.6) is 0 Å². The van der Waals surface area contributed by atoms with Gasteiger partial charge in [-0.15, -0.1) is 0 Å². The molecule has 5 nitrogen and oxygen atoms in total. The molecule has 17 heavy (non-hydrogen) atoms. The first-order valence-corrected chi connectivity index (χ1v) is 5.86. The summed E-state index contributed by atoms with van der Waals surface area (Å²) in [7, 11) is 1.92. The Bertz CT molecular complexity index is 673. The van der Waals surface area contributed by atoms with Crippen LogP contribution in [0.3, 0.4) is 0 Å². The highest BCUT2D eigenvalue weighted by atomic mass is 32.2. The largest absolute Gasteiger partial charge is 0.431 e. The maximum atomic E-state index is 5.82. The number of fused-ring (bicyclic) bond motifs is 1. The van der Waals surface area contributed by atoms with Crippen LogP contribution < -0.4 is 5.73 Å². The fourth-order valence-electron chi connectivity index (χ4n) is 1.52. The number of para-hydroxylation sites is 1. The Balaban J connectivity index is 2.02. The van der Waals surface area contributed by atoms with E-state index in [1.54, 1.807) is 12.3 Å². The third-order valence-electron chi connectivity index (χ3n) is 2.39. The van der Waals surface area contributed by atoms with Crippen LogP contribution in [-0.2, 0) is 7.05 Å². The van der Waals surface area contributed by atoms with Crippen molar-refractivity contribution in [1.29, 1.82) is 0 Å². The van der Waals surface area contributed by atoms with Crippen molar-refractivity contribution in [3.63, 3.8) is 0 Å². The molecule has 0 aliphatic heterocycles. The number of oxazole rings is 1. The summed E-state index contributed by atoms with van der Waals surface area (Å²) in [6.45, 7) is 0. The van der Waals surface area contributed by atoms with Crippen LogP contribution in [0, 0.1) is 0 Å². The van der Waals surface area contributed by atoms with E-state index in [2.05, 4.69) is 9.97 Å². The lowest BCUT2D eigenvalue weighted by atomic mass is 10.3. The smallest absolute Gasteiger partial charge is 0.264 e. The van der Waals surface area contributed by atoms with Gasteiger partial charge in [-0.05, 0) is 12.1 Å². The number of nitrogens with zero attached hydrogens (tertiary/aromatic N) is 3. The van der Waals surface area contributed by atoms with Gasteiger partial charge in [-0.1, -0.05) is 6.07 Å². The van der Waals surface area contributed by atoms with Crippen LogP contribution in [0.2, 0.25) is 0 Å². The lowest BCUT2D eigenvalue weighted by Crippen LogP contribution is -1.88. The Morgan fingerprint density at radius 1 is 1.41 bits per heavy atom. The molecule has 0 aliphatic rings. The molecule has 0 spiro atoms. The van der Waals surface area contributed by atoms with E-state index in [-0.39, 0.29) is 0 Å². The Hall–Kier alpha value is -1.95. The Kier molecular flexibility index (Phi) is 2.29. The Morgan fingerprint density at radius 2 is 2.29 bits per heavy atom. The number of benzene rings is 1. The van der Waals surface area contributed by atoms with Gasteiger partial charge >= 0.3 is 0 Å². The van der Waals surface area contributed by atoms with Gasteiger partial charge in [-0.25, -0.2) is 9.97 Å². The van der Waals surface area contributed by atoms with Crippen LogP contribution in [0.1, 0.15) is 0 Å². The molecule has 0 amide bonds. The van der Waals surface area contributed by atoms with Gasteiger partial charge in [0.1, 0.15) is 5.52 Å². The normalized spacial score (nSPS) is 11.1. The van der Waals surface area contributed by atoms with Crippen LogP contribution in [-0.4, -0.2) is 14.5 Å². The third kappa shape index (κ3) is 1.76. The number of nitrogen functional groups attached to an aromatic ring is 1. The Morgan fingerprint density at radius 3 is 3.00 bits per heavy atom. The summed E-state index contributed by atoms with van der Waals surface area (Å²) < 4.78 is 7.50. The van der Waals surface area contributed by atoms with Gasteiger partial charge in [0.05, 0.1) is 5.69 Å². The quantitative estimate of drug-likeness (QED) is 0.702. The van der Waals surface area contributed by atoms with E-state index in [1.165, 1.54) is 11.8 Å². The van der Waals surface area contributed by atoms with Crippen molar-refractivity contribution in [2.75, 3.05) is 5.73 Å². The fraction of sp³-hybridized carbons (Fsp3) is 0.0909. The molecule has 0 atom stereocenters. The second kappa shape index (κ2) is 3.81. The standard InChI is InChI=1S/C11H10N4OS/c1-15-6-5-13-10(15)17-11-14-9-7(12)3-2-4-8(9)16-11/h2-6H,12H2,1H3. The second-order valence-electron chi connectivity index (χ2n) is 3.60. The van der Waals surface area contributed by atoms with Gasteiger partial charge in [0, 0.05) is 31.2 Å². The second-order valence-corrected chi connectivity index (χ2v) is 4.52. The number of hydrogen-bond donors (Lipinski definition) is 1. The molecular formula is C11H10N4OS. The summed E-state index contributed by atoms with van der Waals surface area (Å²) in [5.74, 6) is 0. The maximum absolute atomic E-state index is 5.82. The number of aromatic nitrogens is 3. The zero-order valence-electron chi connectivity index (χ0n) is 9.12. The van der Waals surface area contributed by atoms with Crippen LogP contribution in [0.4, 0.5) is 5.69 Å². The molecule has 0 radical (unpaired) electrons. The number of aryl methyl sites for hydroxylation is 1. The van der Waals surface area contributed by atoms with Crippen molar-refractivity contribution in [3.05, 3.63) is 30.6 Å². The van der Waals surface area contributed by atoms with Gasteiger partial charge in [0.15, 0.2) is 10.7 Å². The molecule has 0 fully saturated rings. The van der Waals surface area contributed by atoms with Gasteiger partial charge < -0.3 is 14.7 Å². The first kappa shape index (κ1) is 10.2. The van der Waals surface area contributed by atoms with Crippen molar-refractivity contribution < 1.29 is 4.42 Å². The first-order chi connectivity index (χ1) is 8.24. The molecule has 2 aromatic heterocycles. The molecule has 6 heteroatoms. The van der Waals surface area contributed by atoms with E-state index in [1.807, 2.05) is 29.9 Å². The highest BCUT2D eigenvalue weighted by Gasteiger charge is 2.11. The monoisotopic (exact) mass is 246 g/mol. The first-order valence-electron chi connectivity index (χ1n) is 5.04. The van der Waals surface area contributed by atoms with E-state index in [4.69, 9.17) is 10.2 Å². The van der Waals surface area contributed by atoms with Crippen LogP contribution >= 0.6 is 11.8 Å². The van der Waals surface area contributed by atoms with Crippen LogP contribution in [0.25, 0.3) is 11.1 Å². The minimum Gasteiger partial charge on any atom is -0.431 e. The van der Waals surface area contributed by atoms with E-state index < -0.39 is 0 Å². The third-order valence-corrected chi connectivity index (χ3v) is 3.31. The summed E-state index contributed by atoms with van der Waals surface area (Å²) in [5.41, 5.74) is 7.84. The zero-order valence-corrected chi connectivity index (χ0v) is 9.94. The van der Waals surface area contributed by atoms with Gasteiger partial charge in [0.2, 0.25) is 0 Å². The lowest BCUT2D eigenvalue weighted by molar-refractivity contribution is 0.488. The highest BCUT2D eigenvalue weighted by molar-refractivity contribution is 7.99. The molecule has 0 unspecified atom stereocenters. The minimum atomic E-state index is 0.548. The summed E-state index contributed by atoms with van der Waals surface area (Å²) in [4.78, 5) is 8.54. The van der Waals surface area contributed by atoms with Gasteiger partial charge in [0.25, 0.3) is 5.22 Å². The maximum Gasteiger partial charge on any atom is 0.264 e. The molecule has 0 saturated heterocycles. The molecule has 86 valence electrons. The average Bonchev–Trinajstić information content (AvgIpc) is 2.87. The van der Waals surface area contributed by atoms with Crippen molar-refractivity contribution in [2.24, 2.45) is 7.05 Å². The SMILES string of the molecule is Cn1ccnc1Sc1nc2c(N)cccc2o1. The average molecular weight is 246 g/mol. The number of rotatable bonds is 2. The molecule has 1 aromatic carbocycles. The molecule has 3 rings (SSSR count). The molecule has 0 bridgehead atoms. The predicted molar refractivity (Wildman–Crippen MR) is 65.8 cm³/mol. The summed E-state index contributed by atoms with van der Waals surface area (Å²) in [5, 5.41) is 1.38. The molecule has 2 N–H and O–H groups in total. The van der Waals surface area contributed by atoms with E-state index in [0.29, 0.717) is 22.0 Å². The number of anilines is 1. The fourth-order valence-corrected chi connectivity index (χ4v) is 2.26. The van der Waals surface area contributed by atoms with Crippen molar-refractivity contribution in [3.8, 4) is 0 Å². The molecule has 0 saturated carbocycles. The Labute approximate surface area is 102 Å². The summed E-state index contributed by atoms with van der Waals surface area (Å²) in [6, 6.07) is 5.50. The number of nitrogens with two attached hydrogens (primary N) is 1. The van der Waals surface area contributed by atoms with Gasteiger partial charge in [-0.2, -0.15) is 0 Å². The number of imidazole rings is 1. The van der Waals surface area contributed by atoms with Crippen molar-refractivity contribution >= 4 is 28.5 Å². The molecular weight excluding hydrogens is 236 g/mol. The van der Waals surface area contributed by atoms with E-state index >= 15 is 0 Å². The zero-order chi connectivity index (χ0) is 11.8. The summed E-state index contributed by atoms with van der Waals surface area (Å²) >= 11 is 1.37. The molecule has 0 aliphatic carbocycles. The number of hydrogen-bond acceptors (Lipinski definition) is 5. The van der Waals surface area contributed by atoms with Crippen molar-refractivity contribution in [1.82, 2.24) is 14.5 Å². The van der Waals surface area contributed by atoms with Crippen molar-refractivity contribution in [2.45, 2.75) is 10.4 Å². The molecule has 3 aromatic rings.